The van der Waals surface area contributed by atoms with Crippen LogP contribution in [-0.4, -0.2) is 19.5 Å². The van der Waals surface area contributed by atoms with Gasteiger partial charge in [-0.2, -0.15) is 0 Å². The van der Waals surface area contributed by atoms with Gasteiger partial charge in [-0.25, -0.2) is 15.0 Å². The van der Waals surface area contributed by atoms with Crippen LogP contribution in [0.25, 0.3) is 126 Å². The lowest BCUT2D eigenvalue weighted by molar-refractivity contribution is 1.07. The monoisotopic (exact) mass is 884 g/mol. The number of hydrogen-bond acceptors (Lipinski definition) is 4. The van der Waals surface area contributed by atoms with Crippen LogP contribution < -0.4 is 0 Å². The SMILES string of the molecule is c1ccc(-c2nc(-c3ccccc3)nc(-c3cc(-c4ccc(-c5ccccc5)c(-c5ccccc5)c4)ccc3-c3ccc4c(c3)sc3ccc5c6ccccc6n(-c6ccccc6)c5c34)n2)cc1. The third-order valence-corrected chi connectivity index (χ3v) is 14.2. The molecule has 0 N–H and O–H groups in total. The zero-order valence-corrected chi connectivity index (χ0v) is 37.6. The van der Waals surface area contributed by atoms with Crippen molar-refractivity contribution in [3.63, 3.8) is 0 Å². The van der Waals surface area contributed by atoms with Crippen molar-refractivity contribution in [1.29, 1.82) is 0 Å². The largest absolute Gasteiger partial charge is 0.309 e. The average Bonchev–Trinajstić information content (AvgIpc) is 3.97. The van der Waals surface area contributed by atoms with E-state index in [1.54, 1.807) is 0 Å². The Morgan fingerprint density at radius 2 is 0.779 bits per heavy atom. The highest BCUT2D eigenvalue weighted by atomic mass is 32.1. The summed E-state index contributed by atoms with van der Waals surface area (Å²) in [5.41, 5.74) is 15.4. The highest BCUT2D eigenvalue weighted by Crippen LogP contribution is 2.46. The summed E-state index contributed by atoms with van der Waals surface area (Å²) in [5, 5.41) is 5.02. The number of para-hydroxylation sites is 2. The topological polar surface area (TPSA) is 43.6 Å². The Bertz CT molecular complexity index is 3940. The van der Waals surface area contributed by atoms with E-state index < -0.39 is 0 Å². The molecule has 3 aromatic heterocycles. The Kier molecular flexibility index (Phi) is 9.66. The predicted molar refractivity (Wildman–Crippen MR) is 285 cm³/mol. The van der Waals surface area contributed by atoms with Crippen LogP contribution in [0.3, 0.4) is 0 Å². The van der Waals surface area contributed by atoms with Crippen LogP contribution >= 0.6 is 11.3 Å². The summed E-state index contributed by atoms with van der Waals surface area (Å²) in [6, 6.07) is 86.4. The number of nitrogens with zero attached hydrogens (tertiary/aromatic N) is 4. The van der Waals surface area contributed by atoms with Gasteiger partial charge in [-0.05, 0) is 87.0 Å². The lowest BCUT2D eigenvalue weighted by atomic mass is 9.89. The van der Waals surface area contributed by atoms with Gasteiger partial charge in [0.05, 0.1) is 11.0 Å². The second kappa shape index (κ2) is 16.6. The van der Waals surface area contributed by atoms with E-state index in [1.165, 1.54) is 64.2 Å². The van der Waals surface area contributed by atoms with E-state index >= 15 is 0 Å². The zero-order valence-electron chi connectivity index (χ0n) is 36.8. The lowest BCUT2D eigenvalue weighted by Gasteiger charge is -2.16. The maximum Gasteiger partial charge on any atom is 0.164 e. The van der Waals surface area contributed by atoms with Crippen LogP contribution in [0.2, 0.25) is 0 Å². The maximum atomic E-state index is 5.31. The minimum atomic E-state index is 0.615. The van der Waals surface area contributed by atoms with Crippen molar-refractivity contribution in [2.24, 2.45) is 0 Å². The molecular weight excluding hydrogens is 845 g/mol. The van der Waals surface area contributed by atoms with Crippen LogP contribution in [0.4, 0.5) is 0 Å². The van der Waals surface area contributed by atoms with Crippen molar-refractivity contribution in [3.05, 3.63) is 243 Å². The van der Waals surface area contributed by atoms with Crippen LogP contribution in [0.5, 0.6) is 0 Å². The van der Waals surface area contributed by atoms with Crippen molar-refractivity contribution in [3.8, 4) is 84.4 Å². The van der Waals surface area contributed by atoms with E-state index in [2.05, 4.69) is 211 Å². The van der Waals surface area contributed by atoms with Crippen molar-refractivity contribution < 1.29 is 0 Å². The molecule has 0 aliphatic carbocycles. The molecule has 0 aliphatic rings. The molecule has 13 aromatic rings. The van der Waals surface area contributed by atoms with E-state index in [9.17, 15) is 0 Å². The molecule has 13 rings (SSSR count). The van der Waals surface area contributed by atoms with Gasteiger partial charge < -0.3 is 4.57 Å². The molecule has 4 nitrogen and oxygen atoms in total. The van der Waals surface area contributed by atoms with E-state index in [0.29, 0.717) is 17.5 Å². The molecule has 0 spiro atoms. The fraction of sp³-hybridized carbons (Fsp3) is 0. The van der Waals surface area contributed by atoms with Crippen molar-refractivity contribution in [2.75, 3.05) is 0 Å². The summed E-state index contributed by atoms with van der Waals surface area (Å²) >= 11 is 1.84. The van der Waals surface area contributed by atoms with E-state index in [4.69, 9.17) is 15.0 Å². The third-order valence-electron chi connectivity index (χ3n) is 13.1. The van der Waals surface area contributed by atoms with E-state index in [-0.39, 0.29) is 0 Å². The summed E-state index contributed by atoms with van der Waals surface area (Å²) in [4.78, 5) is 15.7. The second-order valence-corrected chi connectivity index (χ2v) is 18.2. The maximum absolute atomic E-state index is 5.31. The van der Waals surface area contributed by atoms with E-state index in [0.717, 1.165) is 44.6 Å². The summed E-state index contributed by atoms with van der Waals surface area (Å²) in [5.74, 6) is 1.87. The molecule has 10 aromatic carbocycles. The number of aromatic nitrogens is 4. The van der Waals surface area contributed by atoms with Gasteiger partial charge in [0.25, 0.3) is 0 Å². The average molecular weight is 885 g/mol. The van der Waals surface area contributed by atoms with Gasteiger partial charge in [0, 0.05) is 53.3 Å². The molecule has 0 aliphatic heterocycles. The first-order valence-corrected chi connectivity index (χ1v) is 23.7. The Hall–Kier alpha value is -8.77. The van der Waals surface area contributed by atoms with Crippen LogP contribution in [0, 0.1) is 0 Å². The molecule has 0 saturated carbocycles. The number of benzene rings is 10. The predicted octanol–water partition coefficient (Wildman–Crippen LogP) is 17.0. The molecule has 0 atom stereocenters. The minimum Gasteiger partial charge on any atom is -0.309 e. The molecular formula is C63H40N4S. The van der Waals surface area contributed by atoms with Crippen molar-refractivity contribution >= 4 is 53.3 Å². The molecule has 68 heavy (non-hydrogen) atoms. The first-order chi connectivity index (χ1) is 33.7. The fourth-order valence-corrected chi connectivity index (χ4v) is 11.0. The molecule has 0 saturated heterocycles. The zero-order chi connectivity index (χ0) is 45.0. The Balaban J connectivity index is 1.04. The Morgan fingerprint density at radius 3 is 1.41 bits per heavy atom. The fourth-order valence-electron chi connectivity index (χ4n) is 9.87. The smallest absolute Gasteiger partial charge is 0.164 e. The normalized spacial score (nSPS) is 11.5. The van der Waals surface area contributed by atoms with Gasteiger partial charge in [0.1, 0.15) is 0 Å². The number of thiophene rings is 1. The van der Waals surface area contributed by atoms with Gasteiger partial charge in [-0.3, -0.25) is 0 Å². The van der Waals surface area contributed by atoms with Gasteiger partial charge in [-0.15, -0.1) is 11.3 Å². The number of hydrogen-bond donors (Lipinski definition) is 0. The van der Waals surface area contributed by atoms with Gasteiger partial charge in [0.15, 0.2) is 17.5 Å². The molecule has 5 heteroatoms. The van der Waals surface area contributed by atoms with Crippen molar-refractivity contribution in [1.82, 2.24) is 19.5 Å². The lowest BCUT2D eigenvalue weighted by Crippen LogP contribution is -2.01. The van der Waals surface area contributed by atoms with Gasteiger partial charge >= 0.3 is 0 Å². The highest BCUT2D eigenvalue weighted by Gasteiger charge is 2.21. The molecule has 3 heterocycles. The Labute approximate surface area is 397 Å². The van der Waals surface area contributed by atoms with Crippen molar-refractivity contribution in [2.45, 2.75) is 0 Å². The number of rotatable bonds is 8. The molecule has 0 bridgehead atoms. The quantitative estimate of drug-likeness (QED) is 0.153. The molecule has 318 valence electrons. The van der Waals surface area contributed by atoms with Gasteiger partial charge in [0.2, 0.25) is 0 Å². The van der Waals surface area contributed by atoms with Crippen LogP contribution in [0.15, 0.2) is 243 Å². The molecule has 0 amide bonds. The standard InChI is InChI=1S/C63H40N4S/c1-6-18-41(19-7-1)49-33-30-45(38-54(49)42-20-8-2-9-21-42)46-31-34-50(55(39-46)63-65-61(43-22-10-3-11-23-43)64-62(66-63)44-24-12-4-13-25-44)47-32-35-53-58(40-47)68-57-37-36-52-51-28-16-17-29-56(51)67(60(52)59(53)57)48-26-14-5-15-27-48/h1-40H. The first kappa shape index (κ1) is 39.6. The Morgan fingerprint density at radius 1 is 0.294 bits per heavy atom. The highest BCUT2D eigenvalue weighted by molar-refractivity contribution is 7.26. The summed E-state index contributed by atoms with van der Waals surface area (Å²) in [6.45, 7) is 0. The second-order valence-electron chi connectivity index (χ2n) is 17.1. The summed E-state index contributed by atoms with van der Waals surface area (Å²) in [6.07, 6.45) is 0. The molecule has 0 fully saturated rings. The van der Waals surface area contributed by atoms with Crippen LogP contribution in [0.1, 0.15) is 0 Å². The van der Waals surface area contributed by atoms with Gasteiger partial charge in [-0.1, -0.05) is 200 Å². The molecule has 0 unspecified atom stereocenters. The number of fused-ring (bicyclic) bond motifs is 7. The van der Waals surface area contributed by atoms with Crippen LogP contribution in [-0.2, 0) is 0 Å². The van der Waals surface area contributed by atoms with E-state index in [1.807, 2.05) is 47.7 Å². The molecule has 0 radical (unpaired) electrons. The third kappa shape index (κ3) is 6.88. The summed E-state index contributed by atoms with van der Waals surface area (Å²) in [7, 11) is 0. The first-order valence-electron chi connectivity index (χ1n) is 22.9. The summed E-state index contributed by atoms with van der Waals surface area (Å²) < 4.78 is 4.92. The minimum absolute atomic E-state index is 0.615.